The molecule has 1 atom stereocenters. The number of nitrogens with one attached hydrogen (secondary N) is 1. The van der Waals surface area contributed by atoms with Gasteiger partial charge in [-0.2, -0.15) is 0 Å². The first-order chi connectivity index (χ1) is 13.9. The van der Waals surface area contributed by atoms with Crippen LogP contribution in [0.15, 0.2) is 30.3 Å². The molecule has 2 heterocycles. The number of nitrogens with zero attached hydrogens (tertiary/aromatic N) is 2. The fourth-order valence-corrected chi connectivity index (χ4v) is 4.92. The summed E-state index contributed by atoms with van der Waals surface area (Å²) in [6.07, 6.45) is 3.27. The number of ketones is 1. The Morgan fingerprint density at radius 3 is 2.66 bits per heavy atom. The second-order valence-corrected chi connectivity index (χ2v) is 8.04. The van der Waals surface area contributed by atoms with E-state index in [1.165, 1.54) is 0 Å². The SMILES string of the molecule is CCn1c(C)cc(C(=O)CN2C(=O)N[C@@]3(CCCCc4ccccc43)C2=O)c1C. The number of benzene rings is 1. The smallest absolute Gasteiger partial charge is 0.325 e. The van der Waals surface area contributed by atoms with Crippen LogP contribution in [0.2, 0.25) is 0 Å². The fraction of sp³-hybridized carbons (Fsp3) is 0.435. The van der Waals surface area contributed by atoms with Gasteiger partial charge in [0.25, 0.3) is 5.91 Å². The summed E-state index contributed by atoms with van der Waals surface area (Å²) in [7, 11) is 0. The molecule has 0 unspecified atom stereocenters. The number of amides is 3. The molecular weight excluding hydrogens is 366 g/mol. The van der Waals surface area contributed by atoms with Crippen LogP contribution in [0.3, 0.4) is 0 Å². The molecule has 0 bridgehead atoms. The quantitative estimate of drug-likeness (QED) is 0.639. The second-order valence-electron chi connectivity index (χ2n) is 8.04. The fourth-order valence-electron chi connectivity index (χ4n) is 4.92. The summed E-state index contributed by atoms with van der Waals surface area (Å²) >= 11 is 0. The molecule has 0 radical (unpaired) electrons. The predicted molar refractivity (Wildman–Crippen MR) is 110 cm³/mol. The van der Waals surface area contributed by atoms with Gasteiger partial charge in [0, 0.05) is 23.5 Å². The van der Waals surface area contributed by atoms with Crippen molar-refractivity contribution in [3.63, 3.8) is 0 Å². The number of hydrogen-bond acceptors (Lipinski definition) is 3. The molecule has 0 saturated carbocycles. The molecule has 1 aliphatic carbocycles. The van der Waals surface area contributed by atoms with Crippen LogP contribution in [-0.2, 0) is 23.3 Å². The summed E-state index contributed by atoms with van der Waals surface area (Å²) in [4.78, 5) is 40.4. The van der Waals surface area contributed by atoms with Crippen LogP contribution in [0.1, 0.15) is 59.1 Å². The molecule has 1 saturated heterocycles. The van der Waals surface area contributed by atoms with Crippen molar-refractivity contribution in [2.45, 2.75) is 58.5 Å². The maximum Gasteiger partial charge on any atom is 0.325 e. The molecule has 152 valence electrons. The van der Waals surface area contributed by atoms with Crippen molar-refractivity contribution in [1.29, 1.82) is 0 Å². The molecule has 6 nitrogen and oxygen atoms in total. The van der Waals surface area contributed by atoms with Gasteiger partial charge < -0.3 is 9.88 Å². The minimum atomic E-state index is -1.05. The number of carbonyl (C=O) groups excluding carboxylic acids is 3. The molecule has 1 aromatic heterocycles. The molecule has 3 amide bonds. The Balaban J connectivity index is 1.65. The Hall–Kier alpha value is -2.89. The van der Waals surface area contributed by atoms with E-state index in [0.717, 1.165) is 53.2 Å². The number of carbonyl (C=O) groups is 3. The lowest BCUT2D eigenvalue weighted by Crippen LogP contribution is -2.44. The molecule has 6 heteroatoms. The third kappa shape index (κ3) is 2.98. The van der Waals surface area contributed by atoms with Crippen molar-refractivity contribution < 1.29 is 14.4 Å². The van der Waals surface area contributed by atoms with E-state index in [1.54, 1.807) is 0 Å². The Morgan fingerprint density at radius 2 is 1.93 bits per heavy atom. The number of urea groups is 1. The largest absolute Gasteiger partial charge is 0.349 e. The van der Waals surface area contributed by atoms with Crippen LogP contribution in [-0.4, -0.2) is 33.7 Å². The standard InChI is InChI=1S/C23H27N3O3/c1-4-25-15(2)13-18(16(25)3)20(27)14-26-21(28)23(24-22(26)29)12-8-7-10-17-9-5-6-11-19(17)23/h5-6,9,11,13H,4,7-8,10,12,14H2,1-3H3,(H,24,29)/t23-/m1/s1. The first kappa shape index (κ1) is 19.4. The number of Topliss-reactive ketones (excluding diaryl/α,β-unsaturated/α-hetero) is 1. The summed E-state index contributed by atoms with van der Waals surface area (Å²) < 4.78 is 2.06. The highest BCUT2D eigenvalue weighted by Gasteiger charge is 2.53. The van der Waals surface area contributed by atoms with E-state index in [2.05, 4.69) is 9.88 Å². The summed E-state index contributed by atoms with van der Waals surface area (Å²) in [5.41, 5.74) is 3.36. The Labute approximate surface area is 170 Å². The van der Waals surface area contributed by atoms with Gasteiger partial charge in [-0.3, -0.25) is 14.5 Å². The minimum Gasteiger partial charge on any atom is -0.349 e. The van der Waals surface area contributed by atoms with Gasteiger partial charge >= 0.3 is 6.03 Å². The summed E-state index contributed by atoms with van der Waals surface area (Å²) in [6.45, 7) is 6.42. The first-order valence-corrected chi connectivity index (χ1v) is 10.3. The van der Waals surface area contributed by atoms with E-state index >= 15 is 0 Å². The molecule has 1 aliphatic heterocycles. The van der Waals surface area contributed by atoms with Gasteiger partial charge in [0.05, 0.1) is 6.54 Å². The van der Waals surface area contributed by atoms with Gasteiger partial charge in [0.1, 0.15) is 5.54 Å². The average Bonchev–Trinajstić information content (AvgIpc) is 3.03. The van der Waals surface area contributed by atoms with E-state index in [1.807, 2.05) is 51.1 Å². The Morgan fingerprint density at radius 1 is 1.17 bits per heavy atom. The third-order valence-electron chi connectivity index (χ3n) is 6.39. The zero-order valence-corrected chi connectivity index (χ0v) is 17.2. The number of aryl methyl sites for hydroxylation is 2. The van der Waals surface area contributed by atoms with Gasteiger partial charge in [0.2, 0.25) is 0 Å². The van der Waals surface area contributed by atoms with E-state index in [0.29, 0.717) is 12.0 Å². The number of imide groups is 1. The number of fused-ring (bicyclic) bond motifs is 2. The van der Waals surface area contributed by atoms with Crippen molar-refractivity contribution in [1.82, 2.24) is 14.8 Å². The van der Waals surface area contributed by atoms with Crippen LogP contribution in [0.25, 0.3) is 0 Å². The molecule has 2 aromatic rings. The Bertz CT molecular complexity index is 1010. The topological polar surface area (TPSA) is 71.4 Å². The number of rotatable bonds is 4. The monoisotopic (exact) mass is 393 g/mol. The van der Waals surface area contributed by atoms with Gasteiger partial charge in [-0.05, 0) is 63.6 Å². The third-order valence-corrected chi connectivity index (χ3v) is 6.39. The Kier molecular flexibility index (Phi) is 4.81. The minimum absolute atomic E-state index is 0.208. The van der Waals surface area contributed by atoms with Crippen LogP contribution >= 0.6 is 0 Å². The van der Waals surface area contributed by atoms with Crippen molar-refractivity contribution in [3.05, 3.63) is 58.4 Å². The maximum atomic E-state index is 13.5. The van der Waals surface area contributed by atoms with E-state index in [9.17, 15) is 14.4 Å². The zero-order valence-electron chi connectivity index (χ0n) is 17.2. The van der Waals surface area contributed by atoms with E-state index in [-0.39, 0.29) is 18.2 Å². The van der Waals surface area contributed by atoms with Gasteiger partial charge in [-0.25, -0.2) is 4.79 Å². The molecule has 1 aromatic carbocycles. The molecule has 1 N–H and O–H groups in total. The molecule has 1 fully saturated rings. The highest BCUT2D eigenvalue weighted by Crippen LogP contribution is 2.39. The molecule has 1 spiro atoms. The van der Waals surface area contributed by atoms with E-state index < -0.39 is 11.6 Å². The second kappa shape index (κ2) is 7.17. The lowest BCUT2D eigenvalue weighted by atomic mass is 9.84. The molecular formula is C23H27N3O3. The summed E-state index contributed by atoms with van der Waals surface area (Å²) in [5, 5.41) is 2.94. The van der Waals surface area contributed by atoms with Crippen molar-refractivity contribution in [2.75, 3.05) is 6.54 Å². The predicted octanol–water partition coefficient (Wildman–Crippen LogP) is 3.48. The average molecular weight is 393 g/mol. The van der Waals surface area contributed by atoms with Gasteiger partial charge in [-0.1, -0.05) is 24.3 Å². The highest BCUT2D eigenvalue weighted by atomic mass is 16.2. The van der Waals surface area contributed by atoms with Crippen LogP contribution in [0.4, 0.5) is 4.79 Å². The highest BCUT2D eigenvalue weighted by molar-refractivity contribution is 6.11. The first-order valence-electron chi connectivity index (χ1n) is 10.3. The molecule has 2 aliphatic rings. The van der Waals surface area contributed by atoms with Crippen molar-refractivity contribution >= 4 is 17.7 Å². The molecule has 29 heavy (non-hydrogen) atoms. The zero-order chi connectivity index (χ0) is 20.8. The maximum absolute atomic E-state index is 13.5. The van der Waals surface area contributed by atoms with Crippen LogP contribution in [0.5, 0.6) is 0 Å². The van der Waals surface area contributed by atoms with Crippen molar-refractivity contribution in [2.24, 2.45) is 0 Å². The normalized spacial score (nSPS) is 21.3. The van der Waals surface area contributed by atoms with Gasteiger partial charge in [0.15, 0.2) is 5.78 Å². The van der Waals surface area contributed by atoms with Crippen molar-refractivity contribution in [3.8, 4) is 0 Å². The number of hydrogen-bond donors (Lipinski definition) is 1. The van der Waals surface area contributed by atoms with Crippen LogP contribution < -0.4 is 5.32 Å². The van der Waals surface area contributed by atoms with E-state index in [4.69, 9.17) is 0 Å². The summed E-state index contributed by atoms with van der Waals surface area (Å²) in [5.74, 6) is -0.519. The lowest BCUT2D eigenvalue weighted by molar-refractivity contribution is -0.131. The summed E-state index contributed by atoms with van der Waals surface area (Å²) in [6, 6.07) is 9.18. The number of aromatic nitrogens is 1. The van der Waals surface area contributed by atoms with Gasteiger partial charge in [-0.15, -0.1) is 0 Å². The molecule has 4 rings (SSSR count). The lowest BCUT2D eigenvalue weighted by Gasteiger charge is -2.27. The van der Waals surface area contributed by atoms with Crippen LogP contribution in [0, 0.1) is 13.8 Å².